The van der Waals surface area contributed by atoms with Gasteiger partial charge in [-0.1, -0.05) is 18.2 Å². The van der Waals surface area contributed by atoms with Gasteiger partial charge in [-0.05, 0) is 24.4 Å². The van der Waals surface area contributed by atoms with Gasteiger partial charge in [-0.25, -0.2) is 0 Å². The Kier molecular flexibility index (Phi) is 4.11. The van der Waals surface area contributed by atoms with Crippen LogP contribution >= 0.6 is 23.6 Å². The van der Waals surface area contributed by atoms with Crippen molar-refractivity contribution in [1.29, 1.82) is 0 Å². The zero-order valence-electron chi connectivity index (χ0n) is 9.38. The number of carbonyl (C=O) groups is 1. The Morgan fingerprint density at radius 2 is 2.11 bits per heavy atom. The summed E-state index contributed by atoms with van der Waals surface area (Å²) in [6, 6.07) is 9.35. The van der Waals surface area contributed by atoms with Crippen LogP contribution in [-0.4, -0.2) is 16.1 Å². The van der Waals surface area contributed by atoms with Gasteiger partial charge in [0.2, 0.25) is 0 Å². The highest BCUT2D eigenvalue weighted by Gasteiger charge is 2.10. The van der Waals surface area contributed by atoms with E-state index in [-0.39, 0.29) is 6.42 Å². The maximum Gasteiger partial charge on any atom is 0.308 e. The molecular formula is C12H11NO3S2. The zero-order valence-corrected chi connectivity index (χ0v) is 11.0. The molecule has 2 aromatic rings. The van der Waals surface area contributed by atoms with Crippen LogP contribution in [0.25, 0.3) is 0 Å². The van der Waals surface area contributed by atoms with Crippen molar-refractivity contribution in [3.05, 3.63) is 44.9 Å². The Labute approximate surface area is 113 Å². The summed E-state index contributed by atoms with van der Waals surface area (Å²) in [5.74, 6) is -0.134. The molecule has 0 atom stereocenters. The molecule has 2 rings (SSSR count). The van der Waals surface area contributed by atoms with Crippen LogP contribution in [0.4, 0.5) is 0 Å². The molecule has 0 bridgehead atoms. The third-order valence-electron chi connectivity index (χ3n) is 2.24. The maximum absolute atomic E-state index is 10.7. The molecule has 0 radical (unpaired) electrons. The van der Waals surface area contributed by atoms with Crippen molar-refractivity contribution >= 4 is 29.5 Å². The van der Waals surface area contributed by atoms with Gasteiger partial charge >= 0.3 is 5.97 Å². The molecular weight excluding hydrogens is 270 g/mol. The molecule has 4 nitrogen and oxygen atoms in total. The number of benzene rings is 1. The van der Waals surface area contributed by atoms with E-state index in [0.717, 1.165) is 11.4 Å². The number of hydrogen-bond acceptors (Lipinski definition) is 4. The van der Waals surface area contributed by atoms with Crippen molar-refractivity contribution < 1.29 is 14.6 Å². The van der Waals surface area contributed by atoms with Gasteiger partial charge in [0.15, 0.2) is 3.95 Å². The van der Waals surface area contributed by atoms with Crippen LogP contribution in [-0.2, 0) is 17.8 Å². The lowest BCUT2D eigenvalue weighted by Crippen LogP contribution is -2.04. The van der Waals surface area contributed by atoms with Crippen LogP contribution in [0, 0.1) is 3.95 Å². The molecule has 2 N–H and O–H groups in total. The first-order valence-electron chi connectivity index (χ1n) is 5.25. The Balaban J connectivity index is 2.09. The first-order chi connectivity index (χ1) is 8.65. The maximum atomic E-state index is 10.7. The molecule has 0 amide bonds. The highest BCUT2D eigenvalue weighted by atomic mass is 32.1. The van der Waals surface area contributed by atoms with Crippen LogP contribution in [0.5, 0.6) is 5.75 Å². The van der Waals surface area contributed by atoms with Gasteiger partial charge in [-0.2, -0.15) is 0 Å². The zero-order chi connectivity index (χ0) is 13.0. The Morgan fingerprint density at radius 1 is 1.39 bits per heavy atom. The van der Waals surface area contributed by atoms with E-state index >= 15 is 0 Å². The summed E-state index contributed by atoms with van der Waals surface area (Å²) < 4.78 is 6.13. The van der Waals surface area contributed by atoms with Crippen molar-refractivity contribution in [3.8, 4) is 5.75 Å². The molecule has 6 heteroatoms. The number of H-pyrrole nitrogens is 1. The van der Waals surface area contributed by atoms with E-state index in [1.54, 1.807) is 0 Å². The fourth-order valence-corrected chi connectivity index (χ4v) is 2.71. The van der Waals surface area contributed by atoms with E-state index < -0.39 is 5.97 Å². The lowest BCUT2D eigenvalue weighted by atomic mass is 10.3. The second-order valence-corrected chi connectivity index (χ2v) is 5.36. The SMILES string of the molecule is O=C(O)Cc1sc(=S)[nH]c1COc1ccccc1. The number of para-hydroxylation sites is 1. The van der Waals surface area contributed by atoms with Gasteiger partial charge in [-0.15, -0.1) is 11.3 Å². The molecule has 1 aromatic carbocycles. The highest BCUT2D eigenvalue weighted by Crippen LogP contribution is 2.19. The number of hydrogen-bond donors (Lipinski definition) is 2. The van der Waals surface area contributed by atoms with Gasteiger partial charge < -0.3 is 14.8 Å². The number of aromatic amines is 1. The number of carboxylic acids is 1. The number of aliphatic carboxylic acids is 1. The van der Waals surface area contributed by atoms with Gasteiger partial charge in [-0.3, -0.25) is 4.79 Å². The van der Waals surface area contributed by atoms with Crippen LogP contribution in [0.2, 0.25) is 0 Å². The highest BCUT2D eigenvalue weighted by molar-refractivity contribution is 7.73. The smallest absolute Gasteiger partial charge is 0.308 e. The average Bonchev–Trinajstić information content (AvgIpc) is 2.67. The normalized spacial score (nSPS) is 10.2. The number of thiazole rings is 1. The van der Waals surface area contributed by atoms with E-state index in [9.17, 15) is 4.79 Å². The van der Waals surface area contributed by atoms with Crippen LogP contribution in [0.1, 0.15) is 10.6 Å². The molecule has 1 aromatic heterocycles. The number of ether oxygens (including phenoxy) is 1. The first kappa shape index (κ1) is 12.8. The van der Waals surface area contributed by atoms with E-state index in [0.29, 0.717) is 15.4 Å². The van der Waals surface area contributed by atoms with Crippen molar-refractivity contribution in [2.24, 2.45) is 0 Å². The molecule has 94 valence electrons. The minimum Gasteiger partial charge on any atom is -0.487 e. The summed E-state index contributed by atoms with van der Waals surface area (Å²) in [6.07, 6.45) is -0.0364. The van der Waals surface area contributed by atoms with Crippen LogP contribution in [0.3, 0.4) is 0 Å². The van der Waals surface area contributed by atoms with Gasteiger partial charge in [0, 0.05) is 4.88 Å². The van der Waals surface area contributed by atoms with Crippen molar-refractivity contribution in [2.75, 3.05) is 0 Å². The largest absolute Gasteiger partial charge is 0.487 e. The molecule has 0 aliphatic heterocycles. The Bertz CT molecular complexity index is 589. The number of carboxylic acid groups (broad SMARTS) is 1. The van der Waals surface area contributed by atoms with Crippen LogP contribution < -0.4 is 4.74 Å². The standard InChI is InChI=1S/C12H11NO3S2/c14-11(15)6-10-9(13-12(17)18-10)7-16-8-4-2-1-3-5-8/h1-5H,6-7H2,(H,13,17)(H,14,15). The number of nitrogens with one attached hydrogen (secondary N) is 1. The minimum atomic E-state index is -0.874. The molecule has 0 fully saturated rings. The Hall–Kier alpha value is -1.66. The summed E-state index contributed by atoms with van der Waals surface area (Å²) >= 11 is 6.29. The molecule has 0 aliphatic carbocycles. The average molecular weight is 281 g/mol. The number of aromatic nitrogens is 1. The molecule has 0 spiro atoms. The van der Waals surface area contributed by atoms with E-state index in [2.05, 4.69) is 4.98 Å². The van der Waals surface area contributed by atoms with Crippen molar-refractivity contribution in [3.63, 3.8) is 0 Å². The second-order valence-electron chi connectivity index (χ2n) is 3.59. The predicted octanol–water partition coefficient (Wildman–Crippen LogP) is 3.01. The summed E-state index contributed by atoms with van der Waals surface area (Å²) in [6.45, 7) is 0.291. The molecule has 1 heterocycles. The van der Waals surface area contributed by atoms with E-state index in [1.807, 2.05) is 30.3 Å². The monoisotopic (exact) mass is 281 g/mol. The fraction of sp³-hybridized carbons (Fsp3) is 0.167. The van der Waals surface area contributed by atoms with Gasteiger partial charge in [0.05, 0.1) is 12.1 Å². The molecule has 0 saturated carbocycles. The minimum absolute atomic E-state index is 0.0364. The van der Waals surface area contributed by atoms with Crippen molar-refractivity contribution in [2.45, 2.75) is 13.0 Å². The summed E-state index contributed by atoms with van der Waals surface area (Å²) in [5, 5.41) is 8.80. The number of rotatable bonds is 5. The lowest BCUT2D eigenvalue weighted by Gasteiger charge is -2.05. The quantitative estimate of drug-likeness (QED) is 0.827. The third-order valence-corrected chi connectivity index (χ3v) is 3.52. The molecule has 18 heavy (non-hydrogen) atoms. The van der Waals surface area contributed by atoms with Gasteiger partial charge in [0.1, 0.15) is 12.4 Å². The van der Waals surface area contributed by atoms with Crippen molar-refractivity contribution in [1.82, 2.24) is 4.98 Å². The van der Waals surface area contributed by atoms with E-state index in [4.69, 9.17) is 22.1 Å². The van der Waals surface area contributed by atoms with Gasteiger partial charge in [0.25, 0.3) is 0 Å². The molecule has 0 saturated heterocycles. The summed E-state index contributed by atoms with van der Waals surface area (Å²) in [5.41, 5.74) is 0.733. The first-order valence-corrected chi connectivity index (χ1v) is 6.48. The fourth-order valence-electron chi connectivity index (χ4n) is 1.46. The molecule has 0 aliphatic rings. The van der Waals surface area contributed by atoms with E-state index in [1.165, 1.54) is 11.3 Å². The summed E-state index contributed by atoms with van der Waals surface area (Å²) in [7, 11) is 0. The summed E-state index contributed by atoms with van der Waals surface area (Å²) in [4.78, 5) is 14.4. The van der Waals surface area contributed by atoms with Crippen LogP contribution in [0.15, 0.2) is 30.3 Å². The predicted molar refractivity (Wildman–Crippen MR) is 71.6 cm³/mol. The second kappa shape index (κ2) is 5.79. The lowest BCUT2D eigenvalue weighted by molar-refractivity contribution is -0.136. The topological polar surface area (TPSA) is 62.3 Å². The third kappa shape index (κ3) is 3.41. The molecule has 0 unspecified atom stereocenters. The Morgan fingerprint density at radius 3 is 2.78 bits per heavy atom.